The molecule has 0 radical (unpaired) electrons. The monoisotopic (exact) mass is 299 g/mol. The van der Waals surface area contributed by atoms with Crippen molar-refractivity contribution in [2.75, 3.05) is 26.4 Å². The fourth-order valence-corrected chi connectivity index (χ4v) is 3.14. The molecule has 21 heavy (non-hydrogen) atoms. The first-order chi connectivity index (χ1) is 9.75. The van der Waals surface area contributed by atoms with Crippen LogP contribution in [-0.2, 0) is 19.1 Å². The predicted octanol–water partition coefficient (Wildman–Crippen LogP) is -0.768. The fraction of sp³-hybridized carbons (Fsp3) is 0.857. The Morgan fingerprint density at radius 1 is 1.43 bits per heavy atom. The SMILES string of the molecule is CCOC1CC(N)(C(=O)N2CCOCC2C(N)=O)C1(C)C. The number of rotatable bonds is 4. The van der Waals surface area contributed by atoms with Crippen molar-refractivity contribution in [2.24, 2.45) is 16.9 Å². The third-order valence-electron chi connectivity index (χ3n) is 4.93. The molecular weight excluding hydrogens is 274 g/mol. The molecule has 1 heterocycles. The Labute approximate surface area is 124 Å². The molecule has 2 rings (SSSR count). The number of nitrogens with zero attached hydrogens (tertiary/aromatic N) is 1. The molecule has 0 aromatic carbocycles. The Hall–Kier alpha value is -1.18. The van der Waals surface area contributed by atoms with Crippen LogP contribution in [0.25, 0.3) is 0 Å². The van der Waals surface area contributed by atoms with Crippen LogP contribution in [0.1, 0.15) is 27.2 Å². The second-order valence-corrected chi connectivity index (χ2v) is 6.33. The lowest BCUT2D eigenvalue weighted by Crippen LogP contribution is -2.77. The van der Waals surface area contributed by atoms with Gasteiger partial charge in [0.25, 0.3) is 0 Å². The fourth-order valence-electron chi connectivity index (χ4n) is 3.14. The molecule has 1 aliphatic carbocycles. The maximum atomic E-state index is 12.9. The summed E-state index contributed by atoms with van der Waals surface area (Å²) in [5.74, 6) is -0.805. The molecule has 0 bridgehead atoms. The molecule has 0 aromatic heterocycles. The minimum absolute atomic E-state index is 0.0514. The first-order valence-electron chi connectivity index (χ1n) is 7.34. The Bertz CT molecular complexity index is 440. The van der Waals surface area contributed by atoms with Gasteiger partial charge in [-0.05, 0) is 6.92 Å². The van der Waals surface area contributed by atoms with E-state index in [1.807, 2.05) is 20.8 Å². The first kappa shape index (κ1) is 16.2. The molecule has 0 aromatic rings. The summed E-state index contributed by atoms with van der Waals surface area (Å²) in [6, 6.07) is -0.742. The van der Waals surface area contributed by atoms with E-state index in [4.69, 9.17) is 20.9 Å². The van der Waals surface area contributed by atoms with Gasteiger partial charge in [0.2, 0.25) is 11.8 Å². The van der Waals surface area contributed by atoms with Crippen molar-refractivity contribution in [3.8, 4) is 0 Å². The molecule has 2 amide bonds. The Morgan fingerprint density at radius 3 is 2.62 bits per heavy atom. The Balaban J connectivity index is 2.17. The van der Waals surface area contributed by atoms with Crippen molar-refractivity contribution < 1.29 is 19.1 Å². The summed E-state index contributed by atoms with van der Waals surface area (Å²) in [5, 5.41) is 0. The second-order valence-electron chi connectivity index (χ2n) is 6.33. The van der Waals surface area contributed by atoms with E-state index in [0.29, 0.717) is 26.2 Å². The van der Waals surface area contributed by atoms with Gasteiger partial charge in [0.05, 0.1) is 19.3 Å². The highest BCUT2D eigenvalue weighted by atomic mass is 16.5. The molecule has 3 unspecified atom stereocenters. The molecule has 7 heteroatoms. The number of hydrogen-bond acceptors (Lipinski definition) is 5. The number of primary amides is 1. The van der Waals surface area contributed by atoms with E-state index in [0.717, 1.165) is 0 Å². The van der Waals surface area contributed by atoms with Gasteiger partial charge in [-0.1, -0.05) is 13.8 Å². The van der Waals surface area contributed by atoms with Crippen molar-refractivity contribution >= 4 is 11.8 Å². The number of nitrogens with two attached hydrogens (primary N) is 2. The summed E-state index contributed by atoms with van der Waals surface area (Å²) >= 11 is 0. The maximum absolute atomic E-state index is 12.9. The van der Waals surface area contributed by atoms with Crippen LogP contribution in [-0.4, -0.2) is 60.8 Å². The number of hydrogen-bond donors (Lipinski definition) is 2. The highest BCUT2D eigenvalue weighted by Gasteiger charge is 2.64. The highest BCUT2D eigenvalue weighted by Crippen LogP contribution is 2.50. The summed E-state index contributed by atoms with van der Waals surface area (Å²) in [6.45, 7) is 7.20. The van der Waals surface area contributed by atoms with Crippen LogP contribution in [0.5, 0.6) is 0 Å². The second kappa shape index (κ2) is 5.55. The largest absolute Gasteiger partial charge is 0.378 e. The van der Waals surface area contributed by atoms with Crippen LogP contribution in [0, 0.1) is 5.41 Å². The van der Waals surface area contributed by atoms with Crippen LogP contribution in [0.3, 0.4) is 0 Å². The van der Waals surface area contributed by atoms with E-state index in [9.17, 15) is 9.59 Å². The predicted molar refractivity (Wildman–Crippen MR) is 76.2 cm³/mol. The van der Waals surface area contributed by atoms with Crippen LogP contribution in [0.2, 0.25) is 0 Å². The third kappa shape index (κ3) is 2.43. The average molecular weight is 299 g/mol. The molecule has 120 valence electrons. The molecule has 3 atom stereocenters. The standard InChI is InChI=1S/C14H25N3O4/c1-4-21-10-7-14(16,13(10,2)3)12(19)17-5-6-20-8-9(17)11(15)18/h9-10H,4-8,16H2,1-3H3,(H2,15,18). The van der Waals surface area contributed by atoms with Crippen LogP contribution >= 0.6 is 0 Å². The van der Waals surface area contributed by atoms with Crippen LogP contribution in [0.4, 0.5) is 0 Å². The van der Waals surface area contributed by atoms with Gasteiger partial charge in [-0.15, -0.1) is 0 Å². The highest BCUT2D eigenvalue weighted by molar-refractivity contribution is 5.93. The van der Waals surface area contributed by atoms with E-state index in [-0.39, 0.29) is 18.6 Å². The van der Waals surface area contributed by atoms with E-state index in [2.05, 4.69) is 0 Å². The van der Waals surface area contributed by atoms with Gasteiger partial charge in [0.1, 0.15) is 11.6 Å². The average Bonchev–Trinajstić information content (AvgIpc) is 2.45. The Kier molecular flexibility index (Phi) is 4.28. The van der Waals surface area contributed by atoms with Gasteiger partial charge in [0.15, 0.2) is 0 Å². The van der Waals surface area contributed by atoms with Gasteiger partial charge in [-0.2, -0.15) is 0 Å². The van der Waals surface area contributed by atoms with Gasteiger partial charge in [0, 0.05) is 25.0 Å². The molecule has 4 N–H and O–H groups in total. The lowest BCUT2D eigenvalue weighted by molar-refractivity contribution is -0.185. The van der Waals surface area contributed by atoms with E-state index < -0.39 is 22.9 Å². The van der Waals surface area contributed by atoms with E-state index >= 15 is 0 Å². The Morgan fingerprint density at radius 2 is 2.10 bits per heavy atom. The molecule has 2 aliphatic rings. The molecule has 1 aliphatic heterocycles. The number of carbonyl (C=O) groups excluding carboxylic acids is 2. The van der Waals surface area contributed by atoms with Gasteiger partial charge in [-0.25, -0.2) is 0 Å². The molecule has 0 spiro atoms. The smallest absolute Gasteiger partial charge is 0.244 e. The minimum atomic E-state index is -1.03. The summed E-state index contributed by atoms with van der Waals surface area (Å²) in [7, 11) is 0. The molecule has 7 nitrogen and oxygen atoms in total. The van der Waals surface area contributed by atoms with Crippen molar-refractivity contribution in [3.05, 3.63) is 0 Å². The van der Waals surface area contributed by atoms with Crippen molar-refractivity contribution in [3.63, 3.8) is 0 Å². The summed E-state index contributed by atoms with van der Waals surface area (Å²) < 4.78 is 10.9. The van der Waals surface area contributed by atoms with Gasteiger partial charge < -0.3 is 25.8 Å². The van der Waals surface area contributed by atoms with Crippen LogP contribution < -0.4 is 11.5 Å². The zero-order valence-electron chi connectivity index (χ0n) is 12.9. The van der Waals surface area contributed by atoms with E-state index in [1.165, 1.54) is 4.90 Å². The lowest BCUT2D eigenvalue weighted by atomic mass is 9.54. The lowest BCUT2D eigenvalue weighted by Gasteiger charge is -2.59. The van der Waals surface area contributed by atoms with Crippen molar-refractivity contribution in [1.82, 2.24) is 4.90 Å². The maximum Gasteiger partial charge on any atom is 0.244 e. The number of carbonyl (C=O) groups is 2. The molecule has 1 saturated heterocycles. The zero-order chi connectivity index (χ0) is 15.8. The van der Waals surface area contributed by atoms with Gasteiger partial charge in [-0.3, -0.25) is 9.59 Å². The van der Waals surface area contributed by atoms with Crippen molar-refractivity contribution in [1.29, 1.82) is 0 Å². The molecule has 1 saturated carbocycles. The summed E-state index contributed by atoms with van der Waals surface area (Å²) in [6.07, 6.45) is 0.403. The minimum Gasteiger partial charge on any atom is -0.378 e. The van der Waals surface area contributed by atoms with Gasteiger partial charge >= 0.3 is 0 Å². The quantitative estimate of drug-likeness (QED) is 0.709. The number of ether oxygens (including phenoxy) is 2. The normalized spacial score (nSPS) is 35.1. The third-order valence-corrected chi connectivity index (χ3v) is 4.93. The van der Waals surface area contributed by atoms with Crippen LogP contribution in [0.15, 0.2) is 0 Å². The van der Waals surface area contributed by atoms with E-state index in [1.54, 1.807) is 0 Å². The first-order valence-corrected chi connectivity index (χ1v) is 7.34. The molecule has 2 fully saturated rings. The topological polar surface area (TPSA) is 108 Å². The number of amides is 2. The summed E-state index contributed by atoms with van der Waals surface area (Å²) in [4.78, 5) is 25.8. The van der Waals surface area contributed by atoms with Crippen molar-refractivity contribution in [2.45, 2.75) is 44.9 Å². The number of morpholine rings is 1. The molecular formula is C14H25N3O4. The zero-order valence-corrected chi connectivity index (χ0v) is 12.9. The summed E-state index contributed by atoms with van der Waals surface area (Å²) in [5.41, 5.74) is 10.2.